The molecule has 0 amide bonds. The molecule has 0 rings (SSSR count). The Morgan fingerprint density at radius 1 is 1.14 bits per heavy atom. The summed E-state index contributed by atoms with van der Waals surface area (Å²) in [5.74, 6) is 0. The fraction of sp³-hybridized carbons (Fsp3) is 0. The molecule has 0 aromatic rings. The van der Waals surface area contributed by atoms with Crippen molar-refractivity contribution in [2.45, 2.75) is 0 Å². The fourth-order valence-corrected chi connectivity index (χ4v) is 0. The van der Waals surface area contributed by atoms with Crippen LogP contribution in [0.2, 0.25) is 0 Å². The molecule has 0 bridgehead atoms. The van der Waals surface area contributed by atoms with Crippen molar-refractivity contribution in [2.24, 2.45) is 0 Å². The summed E-state index contributed by atoms with van der Waals surface area (Å²) in [7, 11) is -5.39. The second-order valence-electron chi connectivity index (χ2n) is 0.447. The van der Waals surface area contributed by atoms with Gasteiger partial charge in [0.1, 0.15) is 0 Å². The third-order valence-corrected chi connectivity index (χ3v) is 0. The van der Waals surface area contributed by atoms with Crippen LogP contribution in [0.4, 0.5) is 0 Å². The van der Waals surface area contributed by atoms with Gasteiger partial charge in [-0.05, 0) is 0 Å². The molecule has 0 aromatic heterocycles. The van der Waals surface area contributed by atoms with Crippen molar-refractivity contribution in [3.05, 3.63) is 0 Å². The van der Waals surface area contributed by atoms with E-state index in [1.807, 2.05) is 0 Å². The van der Waals surface area contributed by atoms with Crippen LogP contribution in [0, 0.1) is 0 Å². The number of rotatable bonds is 0. The van der Waals surface area contributed by atoms with Crippen LogP contribution in [0.5, 0.6) is 0 Å². The van der Waals surface area contributed by atoms with Crippen molar-refractivity contribution < 1.29 is 54.9 Å². The molecule has 0 saturated heterocycles. The predicted octanol–water partition coefficient (Wildman–Crippen LogP) is -2.83. The van der Waals surface area contributed by atoms with Crippen molar-refractivity contribution in [1.82, 2.24) is 0 Å². The minimum absolute atomic E-state index is 0. The molecular formula is FeO4PV-. The second-order valence-corrected chi connectivity index (χ2v) is 1.34. The number of hydrogen-bond donors (Lipinski definition) is 0. The fourth-order valence-electron chi connectivity index (χ4n) is 0. The Hall–Kier alpha value is 1.21. The van der Waals surface area contributed by atoms with E-state index in [9.17, 15) is 0 Å². The van der Waals surface area contributed by atoms with Crippen LogP contribution >= 0.6 is 7.82 Å². The minimum atomic E-state index is -5.39. The van der Waals surface area contributed by atoms with E-state index < -0.39 is 7.82 Å². The first-order valence-electron chi connectivity index (χ1n) is 0.730. The summed E-state index contributed by atoms with van der Waals surface area (Å²) in [6.45, 7) is 0. The molecule has 0 aliphatic rings. The van der Waals surface area contributed by atoms with Gasteiger partial charge in [0.15, 0.2) is 0 Å². The van der Waals surface area contributed by atoms with Gasteiger partial charge in [0.25, 0.3) is 0 Å². The third kappa shape index (κ3) is 133. The molecule has 0 aromatic carbocycles. The molecule has 1 radical (unpaired) electrons. The summed E-state index contributed by atoms with van der Waals surface area (Å²) in [5.41, 5.74) is 0. The van der Waals surface area contributed by atoms with E-state index >= 15 is 0 Å². The SMILES string of the molecule is O=P([O-])([O-])[O-].[Fe+2].[V]. The Morgan fingerprint density at radius 3 is 1.14 bits per heavy atom. The van der Waals surface area contributed by atoms with Crippen LogP contribution in [0.25, 0.3) is 0 Å². The largest absolute Gasteiger partial charge is 2.00 e. The van der Waals surface area contributed by atoms with Gasteiger partial charge in [-0.3, -0.25) is 0 Å². The average Bonchev–Trinajstić information content (AvgIpc) is 0.722. The van der Waals surface area contributed by atoms with Crippen molar-refractivity contribution >= 4 is 7.82 Å². The molecule has 0 saturated carbocycles. The van der Waals surface area contributed by atoms with E-state index in [1.165, 1.54) is 0 Å². The molecule has 0 aliphatic carbocycles. The first-order chi connectivity index (χ1) is 2.00. The van der Waals surface area contributed by atoms with Gasteiger partial charge in [-0.25, -0.2) is 0 Å². The maximum Gasteiger partial charge on any atom is 2.00 e. The molecule has 0 aliphatic heterocycles. The van der Waals surface area contributed by atoms with Crippen LogP contribution in [0.1, 0.15) is 0 Å². The summed E-state index contributed by atoms with van der Waals surface area (Å²) in [6.07, 6.45) is 0. The zero-order chi connectivity index (χ0) is 4.50. The van der Waals surface area contributed by atoms with Crippen LogP contribution in [-0.2, 0) is 40.2 Å². The van der Waals surface area contributed by atoms with E-state index in [0.29, 0.717) is 0 Å². The maximum absolute atomic E-state index is 8.55. The Labute approximate surface area is 62.9 Å². The molecule has 0 unspecified atom stereocenters. The van der Waals surface area contributed by atoms with Crippen molar-refractivity contribution in [1.29, 1.82) is 0 Å². The van der Waals surface area contributed by atoms with E-state index in [1.54, 1.807) is 0 Å². The van der Waals surface area contributed by atoms with E-state index in [2.05, 4.69) is 0 Å². The molecule has 0 atom stereocenters. The zero-order valence-corrected chi connectivity index (χ0v) is 6.28. The van der Waals surface area contributed by atoms with Gasteiger partial charge in [0, 0.05) is 18.6 Å². The number of hydrogen-bond acceptors (Lipinski definition) is 4. The Bertz CT molecular complexity index is 57.8. The van der Waals surface area contributed by atoms with Gasteiger partial charge < -0.3 is 19.2 Å². The summed E-state index contributed by atoms with van der Waals surface area (Å²) < 4.78 is 8.55. The van der Waals surface area contributed by atoms with E-state index in [-0.39, 0.29) is 35.6 Å². The molecule has 0 fully saturated rings. The van der Waals surface area contributed by atoms with Gasteiger partial charge in [0.05, 0.1) is 0 Å². The van der Waals surface area contributed by atoms with Crippen molar-refractivity contribution in [3.63, 3.8) is 0 Å². The van der Waals surface area contributed by atoms with Gasteiger partial charge in [-0.15, -0.1) is 0 Å². The van der Waals surface area contributed by atoms with Crippen LogP contribution in [-0.4, -0.2) is 0 Å². The Kier molecular flexibility index (Phi) is 12.0. The van der Waals surface area contributed by atoms with Gasteiger partial charge in [0.2, 0.25) is 0 Å². The topological polar surface area (TPSA) is 86.2 Å². The first kappa shape index (κ1) is 15.7. The summed E-state index contributed by atoms with van der Waals surface area (Å²) in [5, 5.41) is 0. The minimum Gasteiger partial charge on any atom is -0.822 e. The van der Waals surface area contributed by atoms with Crippen LogP contribution in [0.3, 0.4) is 0 Å². The molecule has 4 nitrogen and oxygen atoms in total. The van der Waals surface area contributed by atoms with Gasteiger partial charge >= 0.3 is 17.1 Å². The van der Waals surface area contributed by atoms with Crippen molar-refractivity contribution in [2.75, 3.05) is 0 Å². The summed E-state index contributed by atoms with van der Waals surface area (Å²) >= 11 is 0. The van der Waals surface area contributed by atoms with E-state index in [0.717, 1.165) is 0 Å². The van der Waals surface area contributed by atoms with Crippen LogP contribution < -0.4 is 14.7 Å². The summed E-state index contributed by atoms with van der Waals surface area (Å²) in [6, 6.07) is 0. The van der Waals surface area contributed by atoms with Crippen molar-refractivity contribution in [3.8, 4) is 0 Å². The first-order valence-corrected chi connectivity index (χ1v) is 2.19. The molecule has 0 N–H and O–H groups in total. The number of phosphoric acid groups is 1. The Morgan fingerprint density at radius 2 is 1.14 bits per heavy atom. The molecule has 43 valence electrons. The normalized spacial score (nSPS) is 8.43. The average molecular weight is 202 g/mol. The van der Waals surface area contributed by atoms with Crippen LogP contribution in [0.15, 0.2) is 0 Å². The molecule has 0 heterocycles. The standard InChI is InChI=1S/Fe.H3O4P.V/c;1-5(2,3)4;/h;(H3,1,2,3,4);/q+2;;/p-3. The zero-order valence-electron chi connectivity index (χ0n) is 2.88. The molecule has 0 spiro atoms. The monoisotopic (exact) mass is 202 g/mol. The quantitative estimate of drug-likeness (QED) is 0.312. The Balaban J connectivity index is -0.0000000800. The molecule has 7 heavy (non-hydrogen) atoms. The molecular weight excluding hydrogens is 202 g/mol. The molecule has 7 heteroatoms. The van der Waals surface area contributed by atoms with Gasteiger partial charge in [-0.2, -0.15) is 7.82 Å². The summed E-state index contributed by atoms with van der Waals surface area (Å²) in [4.78, 5) is 25.6. The second kappa shape index (κ2) is 5.35. The smallest absolute Gasteiger partial charge is 0.822 e. The van der Waals surface area contributed by atoms with Gasteiger partial charge in [-0.1, -0.05) is 0 Å². The predicted molar refractivity (Wildman–Crippen MR) is 7.61 cm³/mol. The third-order valence-electron chi connectivity index (χ3n) is 0. The van der Waals surface area contributed by atoms with E-state index in [4.69, 9.17) is 19.2 Å². The maximum atomic E-state index is 8.55.